The van der Waals surface area contributed by atoms with Gasteiger partial charge in [-0.2, -0.15) is 5.10 Å². The summed E-state index contributed by atoms with van der Waals surface area (Å²) in [5.74, 6) is 0. The van der Waals surface area contributed by atoms with E-state index in [1.807, 2.05) is 6.20 Å². The molecule has 0 radical (unpaired) electrons. The van der Waals surface area contributed by atoms with Gasteiger partial charge >= 0.3 is 0 Å². The highest BCUT2D eigenvalue weighted by Gasteiger charge is 2.23. The maximum Gasteiger partial charge on any atom is 0.0782 e. The predicted octanol–water partition coefficient (Wildman–Crippen LogP) is 1.43. The lowest BCUT2D eigenvalue weighted by atomic mass is 9.98. The SMILES string of the molecule is Cc1[nH]ncc1N1CCCCC1CCN. The Bertz CT molecular complexity index is 305. The molecule has 4 nitrogen and oxygen atoms in total. The zero-order valence-corrected chi connectivity index (χ0v) is 9.37. The molecule has 0 bridgehead atoms. The lowest BCUT2D eigenvalue weighted by Crippen LogP contribution is -2.40. The van der Waals surface area contributed by atoms with Crippen molar-refractivity contribution in [3.8, 4) is 0 Å². The number of H-pyrrole nitrogens is 1. The summed E-state index contributed by atoms with van der Waals surface area (Å²) < 4.78 is 0. The van der Waals surface area contributed by atoms with Gasteiger partial charge in [-0.05, 0) is 39.2 Å². The molecule has 1 aromatic heterocycles. The van der Waals surface area contributed by atoms with Gasteiger partial charge in [-0.3, -0.25) is 5.10 Å². The fraction of sp³-hybridized carbons (Fsp3) is 0.727. The number of nitrogens with one attached hydrogen (secondary N) is 1. The molecule has 84 valence electrons. The second kappa shape index (κ2) is 4.66. The molecular formula is C11H20N4. The molecule has 2 heterocycles. The number of aromatic nitrogens is 2. The van der Waals surface area contributed by atoms with E-state index in [9.17, 15) is 0 Å². The normalized spacial score (nSPS) is 22.0. The van der Waals surface area contributed by atoms with Crippen molar-refractivity contribution in [2.45, 2.75) is 38.6 Å². The molecule has 1 atom stereocenters. The summed E-state index contributed by atoms with van der Waals surface area (Å²) in [4.78, 5) is 2.47. The smallest absolute Gasteiger partial charge is 0.0782 e. The molecule has 0 aliphatic carbocycles. The van der Waals surface area contributed by atoms with Crippen molar-refractivity contribution in [3.63, 3.8) is 0 Å². The Morgan fingerprint density at radius 3 is 3.13 bits per heavy atom. The Labute approximate surface area is 90.8 Å². The summed E-state index contributed by atoms with van der Waals surface area (Å²) in [6, 6.07) is 0.611. The molecule has 1 saturated heterocycles. The number of rotatable bonds is 3. The first-order valence-electron chi connectivity index (χ1n) is 5.79. The Balaban J connectivity index is 2.14. The topological polar surface area (TPSA) is 57.9 Å². The van der Waals surface area contributed by atoms with Gasteiger partial charge in [0, 0.05) is 12.6 Å². The zero-order valence-electron chi connectivity index (χ0n) is 9.37. The van der Waals surface area contributed by atoms with Gasteiger partial charge in [0.25, 0.3) is 0 Å². The fourth-order valence-corrected chi connectivity index (χ4v) is 2.44. The van der Waals surface area contributed by atoms with E-state index in [4.69, 9.17) is 5.73 Å². The van der Waals surface area contributed by atoms with Crippen LogP contribution >= 0.6 is 0 Å². The van der Waals surface area contributed by atoms with Crippen LogP contribution in [-0.2, 0) is 0 Å². The lowest BCUT2D eigenvalue weighted by molar-refractivity contribution is 0.441. The molecule has 0 amide bonds. The van der Waals surface area contributed by atoms with Crippen molar-refractivity contribution < 1.29 is 0 Å². The van der Waals surface area contributed by atoms with Gasteiger partial charge in [0.2, 0.25) is 0 Å². The third-order valence-corrected chi connectivity index (χ3v) is 3.24. The molecule has 3 N–H and O–H groups in total. The average Bonchev–Trinajstić information content (AvgIpc) is 2.66. The number of aryl methyl sites for hydroxylation is 1. The third kappa shape index (κ3) is 2.15. The minimum absolute atomic E-state index is 0.611. The summed E-state index contributed by atoms with van der Waals surface area (Å²) >= 11 is 0. The Hall–Kier alpha value is -1.03. The number of aromatic amines is 1. The first-order chi connectivity index (χ1) is 7.33. The van der Waals surface area contributed by atoms with Gasteiger partial charge in [0.1, 0.15) is 0 Å². The van der Waals surface area contributed by atoms with E-state index >= 15 is 0 Å². The fourth-order valence-electron chi connectivity index (χ4n) is 2.44. The number of hydrogen-bond acceptors (Lipinski definition) is 3. The van der Waals surface area contributed by atoms with Crippen LogP contribution in [0.1, 0.15) is 31.4 Å². The molecule has 1 fully saturated rings. The van der Waals surface area contributed by atoms with Gasteiger partial charge < -0.3 is 10.6 Å². The summed E-state index contributed by atoms with van der Waals surface area (Å²) in [5, 5.41) is 7.10. The van der Waals surface area contributed by atoms with E-state index in [1.165, 1.54) is 30.6 Å². The number of anilines is 1. The minimum Gasteiger partial charge on any atom is -0.366 e. The summed E-state index contributed by atoms with van der Waals surface area (Å²) in [5.41, 5.74) is 8.09. The number of piperidine rings is 1. The molecule has 0 aromatic carbocycles. The van der Waals surface area contributed by atoms with E-state index in [1.54, 1.807) is 0 Å². The summed E-state index contributed by atoms with van der Waals surface area (Å²) in [6.07, 6.45) is 6.90. The highest BCUT2D eigenvalue weighted by Crippen LogP contribution is 2.27. The maximum absolute atomic E-state index is 5.66. The van der Waals surface area contributed by atoms with Crippen molar-refractivity contribution in [2.75, 3.05) is 18.0 Å². The quantitative estimate of drug-likeness (QED) is 0.790. The first kappa shape index (κ1) is 10.5. The molecule has 1 aliphatic rings. The van der Waals surface area contributed by atoms with Crippen molar-refractivity contribution in [3.05, 3.63) is 11.9 Å². The number of nitrogens with zero attached hydrogens (tertiary/aromatic N) is 2. The van der Waals surface area contributed by atoms with Crippen LogP contribution < -0.4 is 10.6 Å². The summed E-state index contributed by atoms with van der Waals surface area (Å²) in [7, 11) is 0. The predicted molar refractivity (Wildman–Crippen MR) is 62.0 cm³/mol. The zero-order chi connectivity index (χ0) is 10.7. The van der Waals surface area contributed by atoms with Gasteiger partial charge in [-0.15, -0.1) is 0 Å². The van der Waals surface area contributed by atoms with Crippen molar-refractivity contribution >= 4 is 5.69 Å². The van der Waals surface area contributed by atoms with E-state index in [-0.39, 0.29) is 0 Å². The Morgan fingerprint density at radius 2 is 2.47 bits per heavy atom. The molecule has 0 saturated carbocycles. The van der Waals surface area contributed by atoms with Crippen molar-refractivity contribution in [1.82, 2.24) is 10.2 Å². The Kier molecular flexibility index (Phi) is 3.26. The van der Waals surface area contributed by atoms with Gasteiger partial charge in [-0.25, -0.2) is 0 Å². The molecule has 2 rings (SSSR count). The molecule has 1 aliphatic heterocycles. The maximum atomic E-state index is 5.66. The van der Waals surface area contributed by atoms with Gasteiger partial charge in [-0.1, -0.05) is 0 Å². The molecule has 0 spiro atoms. The second-order valence-corrected chi connectivity index (χ2v) is 4.30. The average molecular weight is 208 g/mol. The minimum atomic E-state index is 0.611. The van der Waals surface area contributed by atoms with Crippen LogP contribution in [0, 0.1) is 6.92 Å². The second-order valence-electron chi connectivity index (χ2n) is 4.30. The van der Waals surface area contributed by atoms with Crippen LogP contribution in [0.4, 0.5) is 5.69 Å². The molecule has 15 heavy (non-hydrogen) atoms. The molecule has 1 aromatic rings. The van der Waals surface area contributed by atoms with Crippen molar-refractivity contribution in [2.24, 2.45) is 5.73 Å². The van der Waals surface area contributed by atoms with Crippen LogP contribution in [0.25, 0.3) is 0 Å². The van der Waals surface area contributed by atoms with E-state index < -0.39 is 0 Å². The standard InChI is InChI=1S/C11H20N4/c1-9-11(8-13-14-9)15-7-3-2-4-10(15)5-6-12/h8,10H,2-7,12H2,1H3,(H,13,14). The van der Waals surface area contributed by atoms with Crippen LogP contribution in [0.15, 0.2) is 6.20 Å². The molecular weight excluding hydrogens is 188 g/mol. The monoisotopic (exact) mass is 208 g/mol. The van der Waals surface area contributed by atoms with Crippen LogP contribution in [0.3, 0.4) is 0 Å². The molecule has 4 heteroatoms. The van der Waals surface area contributed by atoms with Crippen LogP contribution in [-0.4, -0.2) is 29.3 Å². The highest BCUT2D eigenvalue weighted by atomic mass is 15.2. The van der Waals surface area contributed by atoms with E-state index in [2.05, 4.69) is 22.0 Å². The number of hydrogen-bond donors (Lipinski definition) is 2. The number of nitrogens with two attached hydrogens (primary N) is 1. The third-order valence-electron chi connectivity index (χ3n) is 3.24. The van der Waals surface area contributed by atoms with Gasteiger partial charge in [0.05, 0.1) is 17.6 Å². The largest absolute Gasteiger partial charge is 0.366 e. The van der Waals surface area contributed by atoms with E-state index in [0.29, 0.717) is 6.04 Å². The Morgan fingerprint density at radius 1 is 1.60 bits per heavy atom. The highest BCUT2D eigenvalue weighted by molar-refractivity contribution is 5.49. The summed E-state index contributed by atoms with van der Waals surface area (Å²) in [6.45, 7) is 4.00. The van der Waals surface area contributed by atoms with Crippen molar-refractivity contribution in [1.29, 1.82) is 0 Å². The first-order valence-corrected chi connectivity index (χ1v) is 5.79. The molecule has 1 unspecified atom stereocenters. The van der Waals surface area contributed by atoms with Gasteiger partial charge in [0.15, 0.2) is 0 Å². The van der Waals surface area contributed by atoms with Crippen LogP contribution in [0.5, 0.6) is 0 Å². The van der Waals surface area contributed by atoms with Crippen LogP contribution in [0.2, 0.25) is 0 Å². The van der Waals surface area contributed by atoms with E-state index in [0.717, 1.165) is 19.5 Å². The lowest BCUT2D eigenvalue weighted by Gasteiger charge is -2.37.